The van der Waals surface area contributed by atoms with Gasteiger partial charge in [0.2, 0.25) is 5.89 Å². The van der Waals surface area contributed by atoms with Crippen LogP contribution in [0.1, 0.15) is 5.89 Å². The molecule has 3 aromatic rings. The van der Waals surface area contributed by atoms with E-state index in [1.807, 2.05) is 12.1 Å². The molecule has 7 heteroatoms. The average molecular weight is 356 g/mol. The number of aromatic nitrogens is 2. The molecule has 112 valence electrons. The molecule has 4 nitrogen and oxygen atoms in total. The zero-order chi connectivity index (χ0) is 15.5. The summed E-state index contributed by atoms with van der Waals surface area (Å²) >= 11 is 17.9. The van der Waals surface area contributed by atoms with Crippen molar-refractivity contribution >= 4 is 34.8 Å². The fourth-order valence-corrected chi connectivity index (χ4v) is 2.47. The van der Waals surface area contributed by atoms with Gasteiger partial charge in [-0.2, -0.15) is 0 Å². The standard InChI is InChI=1S/C15H9Cl3N2O2/c16-9-5-6-13(12(18)7-9)21-8-14-19-20-15(22-14)10-3-1-2-4-11(10)17/h1-7H,8H2. The van der Waals surface area contributed by atoms with Crippen molar-refractivity contribution in [3.8, 4) is 17.2 Å². The lowest BCUT2D eigenvalue weighted by atomic mass is 10.2. The molecule has 1 heterocycles. The summed E-state index contributed by atoms with van der Waals surface area (Å²) in [5.41, 5.74) is 0.674. The summed E-state index contributed by atoms with van der Waals surface area (Å²) in [5, 5.41) is 9.38. The van der Waals surface area contributed by atoms with E-state index in [4.69, 9.17) is 44.0 Å². The first-order valence-electron chi connectivity index (χ1n) is 6.28. The summed E-state index contributed by atoms with van der Waals surface area (Å²) in [4.78, 5) is 0. The zero-order valence-corrected chi connectivity index (χ0v) is 13.4. The van der Waals surface area contributed by atoms with E-state index in [9.17, 15) is 0 Å². The van der Waals surface area contributed by atoms with Gasteiger partial charge in [-0.3, -0.25) is 0 Å². The van der Waals surface area contributed by atoms with Crippen LogP contribution >= 0.6 is 34.8 Å². The van der Waals surface area contributed by atoms with Crippen LogP contribution in [0.4, 0.5) is 0 Å². The van der Waals surface area contributed by atoms with E-state index in [0.29, 0.717) is 38.2 Å². The van der Waals surface area contributed by atoms with Crippen molar-refractivity contribution in [3.05, 3.63) is 63.4 Å². The maximum Gasteiger partial charge on any atom is 0.254 e. The minimum atomic E-state index is 0.0960. The van der Waals surface area contributed by atoms with Crippen molar-refractivity contribution < 1.29 is 9.15 Å². The van der Waals surface area contributed by atoms with Crippen LogP contribution in [0.15, 0.2) is 46.9 Å². The third kappa shape index (κ3) is 3.35. The highest BCUT2D eigenvalue weighted by Gasteiger charge is 2.12. The third-order valence-corrected chi connectivity index (χ3v) is 3.68. The molecule has 2 aromatic carbocycles. The fraction of sp³-hybridized carbons (Fsp3) is 0.0667. The van der Waals surface area contributed by atoms with Crippen molar-refractivity contribution in [2.24, 2.45) is 0 Å². The molecule has 22 heavy (non-hydrogen) atoms. The van der Waals surface area contributed by atoms with E-state index >= 15 is 0 Å². The Morgan fingerprint density at radius 1 is 0.955 bits per heavy atom. The molecule has 0 aliphatic carbocycles. The molecule has 0 amide bonds. The number of nitrogens with zero attached hydrogens (tertiary/aromatic N) is 2. The van der Waals surface area contributed by atoms with Crippen LogP contribution in [-0.4, -0.2) is 10.2 Å². The lowest BCUT2D eigenvalue weighted by molar-refractivity contribution is 0.264. The van der Waals surface area contributed by atoms with Crippen molar-refractivity contribution in [1.82, 2.24) is 10.2 Å². The third-order valence-electron chi connectivity index (χ3n) is 2.82. The summed E-state index contributed by atoms with van der Waals surface area (Å²) in [5.74, 6) is 1.15. The van der Waals surface area contributed by atoms with E-state index in [0.717, 1.165) is 0 Å². The number of hydrogen-bond acceptors (Lipinski definition) is 4. The first kappa shape index (κ1) is 15.2. The molecule has 0 fully saturated rings. The maximum absolute atomic E-state index is 6.09. The first-order valence-corrected chi connectivity index (χ1v) is 7.42. The van der Waals surface area contributed by atoms with Gasteiger partial charge in [0.1, 0.15) is 5.75 Å². The molecule has 1 aromatic heterocycles. The molecule has 0 atom stereocenters. The number of benzene rings is 2. The van der Waals surface area contributed by atoms with E-state index < -0.39 is 0 Å². The second-order valence-electron chi connectivity index (χ2n) is 4.34. The number of halogens is 3. The van der Waals surface area contributed by atoms with E-state index in [1.54, 1.807) is 30.3 Å². The van der Waals surface area contributed by atoms with Gasteiger partial charge in [0.25, 0.3) is 5.89 Å². The van der Waals surface area contributed by atoms with Gasteiger partial charge in [0.05, 0.1) is 15.6 Å². The Labute approximate surface area is 141 Å². The molecule has 0 radical (unpaired) electrons. The normalized spacial score (nSPS) is 10.7. The molecule has 0 unspecified atom stereocenters. The molecule has 3 rings (SSSR count). The van der Waals surface area contributed by atoms with Crippen LogP contribution in [0.25, 0.3) is 11.5 Å². The number of ether oxygens (including phenoxy) is 1. The van der Waals surface area contributed by atoms with Gasteiger partial charge in [-0.1, -0.05) is 46.9 Å². The van der Waals surface area contributed by atoms with Crippen LogP contribution in [0.3, 0.4) is 0 Å². The molecule has 0 N–H and O–H groups in total. The lowest BCUT2D eigenvalue weighted by Crippen LogP contribution is -1.96. The summed E-state index contributed by atoms with van der Waals surface area (Å²) in [7, 11) is 0. The van der Waals surface area contributed by atoms with Gasteiger partial charge in [-0.15, -0.1) is 10.2 Å². The second kappa shape index (κ2) is 6.57. The summed E-state index contributed by atoms with van der Waals surface area (Å²) in [6, 6.07) is 12.2. The fourth-order valence-electron chi connectivity index (χ4n) is 1.79. The van der Waals surface area contributed by atoms with Crippen molar-refractivity contribution in [1.29, 1.82) is 0 Å². The summed E-state index contributed by atoms with van der Waals surface area (Å²) in [6.07, 6.45) is 0. The molecule has 0 saturated carbocycles. The van der Waals surface area contributed by atoms with Gasteiger partial charge < -0.3 is 9.15 Å². The van der Waals surface area contributed by atoms with Crippen LogP contribution in [-0.2, 0) is 6.61 Å². The average Bonchev–Trinajstić information content (AvgIpc) is 2.95. The van der Waals surface area contributed by atoms with Crippen LogP contribution in [0.5, 0.6) is 5.75 Å². The topological polar surface area (TPSA) is 48.2 Å². The van der Waals surface area contributed by atoms with Crippen molar-refractivity contribution in [3.63, 3.8) is 0 Å². The quantitative estimate of drug-likeness (QED) is 0.639. The Morgan fingerprint density at radius 3 is 2.55 bits per heavy atom. The maximum atomic E-state index is 6.09. The monoisotopic (exact) mass is 354 g/mol. The minimum Gasteiger partial charge on any atom is -0.482 e. The molecule has 0 aliphatic heterocycles. The predicted molar refractivity (Wildman–Crippen MR) is 85.5 cm³/mol. The van der Waals surface area contributed by atoms with Crippen LogP contribution in [0, 0.1) is 0 Å². The van der Waals surface area contributed by atoms with Crippen molar-refractivity contribution in [2.75, 3.05) is 0 Å². The van der Waals surface area contributed by atoms with Gasteiger partial charge in [0, 0.05) is 5.02 Å². The number of rotatable bonds is 4. The SMILES string of the molecule is Clc1ccc(OCc2nnc(-c3ccccc3Cl)o2)c(Cl)c1. The highest BCUT2D eigenvalue weighted by molar-refractivity contribution is 6.35. The molecule has 0 bridgehead atoms. The molecule has 0 spiro atoms. The van der Waals surface area contributed by atoms with Gasteiger partial charge >= 0.3 is 0 Å². The zero-order valence-electron chi connectivity index (χ0n) is 11.1. The lowest BCUT2D eigenvalue weighted by Gasteiger charge is -2.05. The Hall–Kier alpha value is -1.75. The van der Waals surface area contributed by atoms with Gasteiger partial charge in [-0.05, 0) is 30.3 Å². The summed E-state index contributed by atoms with van der Waals surface area (Å²) in [6.45, 7) is 0.0960. The molecular formula is C15H9Cl3N2O2. The largest absolute Gasteiger partial charge is 0.482 e. The van der Waals surface area contributed by atoms with Crippen molar-refractivity contribution in [2.45, 2.75) is 6.61 Å². The first-order chi connectivity index (χ1) is 10.6. The second-order valence-corrected chi connectivity index (χ2v) is 5.60. The smallest absolute Gasteiger partial charge is 0.254 e. The van der Waals surface area contributed by atoms with E-state index in [2.05, 4.69) is 10.2 Å². The number of hydrogen-bond donors (Lipinski definition) is 0. The molecular weight excluding hydrogens is 347 g/mol. The molecule has 0 saturated heterocycles. The highest BCUT2D eigenvalue weighted by atomic mass is 35.5. The van der Waals surface area contributed by atoms with Gasteiger partial charge in [0.15, 0.2) is 6.61 Å². The molecule has 0 aliphatic rings. The highest BCUT2D eigenvalue weighted by Crippen LogP contribution is 2.29. The van der Waals surface area contributed by atoms with Crippen LogP contribution < -0.4 is 4.74 Å². The minimum absolute atomic E-state index is 0.0960. The van der Waals surface area contributed by atoms with E-state index in [1.165, 1.54) is 0 Å². The van der Waals surface area contributed by atoms with Crippen LogP contribution in [0.2, 0.25) is 15.1 Å². The Morgan fingerprint density at radius 2 is 1.77 bits per heavy atom. The summed E-state index contributed by atoms with van der Waals surface area (Å²) < 4.78 is 11.1. The Bertz CT molecular complexity index is 805. The van der Waals surface area contributed by atoms with Gasteiger partial charge in [-0.25, -0.2) is 0 Å². The Balaban J connectivity index is 1.74. The van der Waals surface area contributed by atoms with E-state index in [-0.39, 0.29) is 6.61 Å². The Kier molecular flexibility index (Phi) is 4.52. The predicted octanol–water partition coefficient (Wildman–Crippen LogP) is 5.28.